The van der Waals surface area contributed by atoms with Gasteiger partial charge >= 0.3 is 0 Å². The average molecular weight is 255 g/mol. The number of anilines is 1. The van der Waals surface area contributed by atoms with Crippen LogP contribution in [0.15, 0.2) is 18.2 Å². The van der Waals surface area contributed by atoms with Gasteiger partial charge in [0, 0.05) is 18.7 Å². The van der Waals surface area contributed by atoms with Crippen LogP contribution in [0.25, 0.3) is 0 Å². The molecule has 0 radical (unpaired) electrons. The predicted molar refractivity (Wildman–Crippen MR) is 68.5 cm³/mol. The summed E-state index contributed by atoms with van der Waals surface area (Å²) in [5, 5.41) is 11.8. The van der Waals surface area contributed by atoms with E-state index in [1.165, 1.54) is 12.1 Å². The average Bonchev–Trinajstić information content (AvgIpc) is 2.28. The normalized spacial score (nSPS) is 11.0. The molecule has 0 heterocycles. The van der Waals surface area contributed by atoms with E-state index in [0.29, 0.717) is 18.7 Å². The summed E-state index contributed by atoms with van der Waals surface area (Å²) in [4.78, 5) is 0. The molecule has 0 fully saturated rings. The molecule has 17 heavy (non-hydrogen) atoms. The minimum Gasteiger partial charge on any atom is -0.384 e. The number of rotatable bonds is 5. The third-order valence-corrected chi connectivity index (χ3v) is 2.91. The molecule has 1 aromatic rings. The van der Waals surface area contributed by atoms with Gasteiger partial charge in [0.1, 0.15) is 5.82 Å². The van der Waals surface area contributed by atoms with Gasteiger partial charge in [-0.1, -0.05) is 25.4 Å². The van der Waals surface area contributed by atoms with Crippen LogP contribution >= 0.6 is 11.6 Å². The molecule has 0 bridgehead atoms. The molecule has 1 N–H and O–H groups in total. The Morgan fingerprint density at radius 3 is 2.76 bits per heavy atom. The summed E-state index contributed by atoms with van der Waals surface area (Å²) in [6.07, 6.45) is 1.34. The maximum Gasteiger partial charge on any atom is 0.143 e. The van der Waals surface area contributed by atoms with Gasteiger partial charge in [-0.05, 0) is 30.0 Å². The van der Waals surface area contributed by atoms with Crippen LogP contribution in [0.4, 0.5) is 10.1 Å². The van der Waals surface area contributed by atoms with Crippen molar-refractivity contribution in [2.75, 3.05) is 11.9 Å². The van der Waals surface area contributed by atoms with Gasteiger partial charge in [0.05, 0.1) is 11.1 Å². The van der Waals surface area contributed by atoms with E-state index in [4.69, 9.17) is 16.9 Å². The largest absolute Gasteiger partial charge is 0.384 e. The highest BCUT2D eigenvalue weighted by Crippen LogP contribution is 2.24. The number of nitrogens with one attached hydrogen (secondary N) is 1. The topological polar surface area (TPSA) is 35.8 Å². The minimum absolute atomic E-state index is 0.00580. The van der Waals surface area contributed by atoms with E-state index < -0.39 is 5.82 Å². The lowest BCUT2D eigenvalue weighted by Crippen LogP contribution is -2.22. The molecular weight excluding hydrogens is 239 g/mol. The first kappa shape index (κ1) is 13.8. The van der Waals surface area contributed by atoms with Crippen molar-refractivity contribution in [1.82, 2.24) is 0 Å². The van der Waals surface area contributed by atoms with Crippen molar-refractivity contribution in [3.63, 3.8) is 0 Å². The zero-order valence-electron chi connectivity index (χ0n) is 10.1. The highest BCUT2D eigenvalue weighted by Gasteiger charge is 2.17. The molecule has 1 rings (SSSR count). The number of nitrogens with zero attached hydrogens (tertiary/aromatic N) is 1. The van der Waals surface area contributed by atoms with Crippen LogP contribution in [0.1, 0.15) is 26.7 Å². The number of hydrogen-bond acceptors (Lipinski definition) is 2. The predicted octanol–water partition coefficient (Wildman–Crippen LogP) is 4.22. The zero-order valence-corrected chi connectivity index (χ0v) is 10.8. The summed E-state index contributed by atoms with van der Waals surface area (Å²) >= 11 is 5.60. The fourth-order valence-electron chi connectivity index (χ4n) is 1.43. The van der Waals surface area contributed by atoms with Gasteiger partial charge in [0.25, 0.3) is 0 Å². The molecule has 0 aliphatic carbocycles. The van der Waals surface area contributed by atoms with E-state index in [9.17, 15) is 4.39 Å². The first-order chi connectivity index (χ1) is 7.94. The highest BCUT2D eigenvalue weighted by molar-refractivity contribution is 6.30. The van der Waals surface area contributed by atoms with Gasteiger partial charge in [-0.3, -0.25) is 0 Å². The lowest BCUT2D eigenvalue weighted by Gasteiger charge is -2.24. The molecule has 0 atom stereocenters. The van der Waals surface area contributed by atoms with Crippen molar-refractivity contribution >= 4 is 17.3 Å². The quantitative estimate of drug-likeness (QED) is 0.854. The minimum atomic E-state index is -0.425. The highest BCUT2D eigenvalue weighted by atomic mass is 35.5. The molecule has 0 aliphatic rings. The molecular formula is C13H16ClFN2. The van der Waals surface area contributed by atoms with Crippen LogP contribution in [-0.2, 0) is 0 Å². The first-order valence-corrected chi connectivity index (χ1v) is 5.88. The fraction of sp³-hybridized carbons (Fsp3) is 0.462. The fourth-order valence-corrected chi connectivity index (χ4v) is 1.55. The summed E-state index contributed by atoms with van der Waals surface area (Å²) in [5.41, 5.74) is 0.711. The van der Waals surface area contributed by atoms with Crippen molar-refractivity contribution < 1.29 is 4.39 Å². The van der Waals surface area contributed by atoms with Crippen molar-refractivity contribution in [3.05, 3.63) is 29.0 Å². The van der Waals surface area contributed by atoms with Crippen molar-refractivity contribution in [1.29, 1.82) is 5.26 Å². The Morgan fingerprint density at radius 2 is 2.18 bits per heavy atom. The van der Waals surface area contributed by atoms with Crippen LogP contribution in [-0.4, -0.2) is 6.54 Å². The van der Waals surface area contributed by atoms with Crippen LogP contribution in [0.3, 0.4) is 0 Å². The Bertz CT molecular complexity index is 424. The Kier molecular flexibility index (Phi) is 4.77. The van der Waals surface area contributed by atoms with Gasteiger partial charge in [0.2, 0.25) is 0 Å². The van der Waals surface area contributed by atoms with E-state index in [1.54, 1.807) is 6.07 Å². The summed E-state index contributed by atoms with van der Waals surface area (Å²) in [7, 11) is 0. The molecule has 0 aromatic heterocycles. The lowest BCUT2D eigenvalue weighted by atomic mass is 9.88. The molecule has 0 spiro atoms. The number of nitriles is 1. The van der Waals surface area contributed by atoms with E-state index in [0.717, 1.165) is 6.42 Å². The second-order valence-electron chi connectivity index (χ2n) is 4.80. The smallest absolute Gasteiger partial charge is 0.143 e. The summed E-state index contributed by atoms with van der Waals surface area (Å²) in [6, 6.07) is 6.78. The van der Waals surface area contributed by atoms with Gasteiger partial charge in [-0.25, -0.2) is 4.39 Å². The Hall–Kier alpha value is -1.27. The molecule has 0 aliphatic heterocycles. The van der Waals surface area contributed by atoms with Crippen LogP contribution < -0.4 is 5.32 Å². The van der Waals surface area contributed by atoms with E-state index >= 15 is 0 Å². The summed E-state index contributed by atoms with van der Waals surface area (Å²) in [5.74, 6) is -0.425. The van der Waals surface area contributed by atoms with Crippen LogP contribution in [0.2, 0.25) is 5.02 Å². The van der Waals surface area contributed by atoms with Crippen LogP contribution in [0.5, 0.6) is 0 Å². The van der Waals surface area contributed by atoms with Crippen molar-refractivity contribution in [2.24, 2.45) is 5.41 Å². The standard InChI is InChI=1S/C13H16ClFN2/c1-13(2,6-3-7-16)9-17-10-4-5-11(14)12(15)8-10/h4-5,8,17H,3,6,9H2,1-2H3. The van der Waals surface area contributed by atoms with Crippen molar-refractivity contribution in [2.45, 2.75) is 26.7 Å². The van der Waals surface area contributed by atoms with Gasteiger partial charge in [0.15, 0.2) is 0 Å². The summed E-state index contributed by atoms with van der Waals surface area (Å²) < 4.78 is 13.2. The number of halogens is 2. The summed E-state index contributed by atoms with van der Waals surface area (Å²) in [6.45, 7) is 4.84. The third kappa shape index (κ3) is 4.62. The first-order valence-electron chi connectivity index (χ1n) is 5.50. The monoisotopic (exact) mass is 254 g/mol. The molecule has 0 saturated heterocycles. The Balaban J connectivity index is 2.55. The Labute approximate surface area is 106 Å². The molecule has 92 valence electrons. The molecule has 0 saturated carbocycles. The SMILES string of the molecule is CC(C)(CCC#N)CNc1ccc(Cl)c(F)c1. The second kappa shape index (κ2) is 5.88. The van der Waals surface area contributed by atoms with Gasteiger partial charge < -0.3 is 5.32 Å². The molecule has 0 unspecified atom stereocenters. The van der Waals surface area contributed by atoms with Gasteiger partial charge in [-0.2, -0.15) is 5.26 Å². The van der Waals surface area contributed by atoms with E-state index in [-0.39, 0.29) is 10.4 Å². The maximum atomic E-state index is 13.2. The van der Waals surface area contributed by atoms with Gasteiger partial charge in [-0.15, -0.1) is 0 Å². The van der Waals surface area contributed by atoms with E-state index in [1.807, 2.05) is 0 Å². The van der Waals surface area contributed by atoms with E-state index in [2.05, 4.69) is 25.2 Å². The third-order valence-electron chi connectivity index (χ3n) is 2.60. The zero-order chi connectivity index (χ0) is 12.9. The number of hydrogen-bond donors (Lipinski definition) is 1. The molecule has 1 aromatic carbocycles. The number of benzene rings is 1. The lowest BCUT2D eigenvalue weighted by molar-refractivity contribution is 0.364. The van der Waals surface area contributed by atoms with Crippen LogP contribution in [0, 0.1) is 22.6 Å². The Morgan fingerprint density at radius 1 is 1.47 bits per heavy atom. The van der Waals surface area contributed by atoms with Crippen molar-refractivity contribution in [3.8, 4) is 6.07 Å². The maximum absolute atomic E-state index is 13.2. The molecule has 4 heteroatoms. The molecule has 0 amide bonds. The molecule has 2 nitrogen and oxygen atoms in total. The second-order valence-corrected chi connectivity index (χ2v) is 5.21.